The number of carbonyl (C=O) groups excluding carboxylic acids is 2. The van der Waals surface area contributed by atoms with Crippen LogP contribution < -0.4 is 35.0 Å². The first kappa shape index (κ1) is 35.4. The Labute approximate surface area is 286 Å². The van der Waals surface area contributed by atoms with Gasteiger partial charge >= 0.3 is 12.0 Å². The van der Waals surface area contributed by atoms with Gasteiger partial charge in [-0.25, -0.2) is 9.59 Å². The highest BCUT2D eigenvalue weighted by atomic mass is 79.9. The van der Waals surface area contributed by atoms with Gasteiger partial charge in [0, 0.05) is 10.2 Å². The molecule has 3 aromatic carbocycles. The normalized spacial score (nSPS) is 15.0. The van der Waals surface area contributed by atoms with Crippen LogP contribution in [-0.2, 0) is 16.1 Å². The quantitative estimate of drug-likeness (QED) is 0.0679. The standard InChI is InChI=1S/C33H36BrClN4O8/c1-5-44-26-15-22(30-29(32(41)43-4)19(3)37-33(42)38-30)9-12-25(26)46-18-28(40)39-36-16-21-13-24(35)31(27(14-21)45-6-2)47-17-20-7-10-23(34)11-8-20/h7-16,28,30,39-40H,5-6,17-18H2,1-4H3,(H2,37,38,42)/b36-16-/t28-,30-/m1/s1. The number of carbonyl (C=O) groups is 2. The summed E-state index contributed by atoms with van der Waals surface area (Å²) in [5.41, 5.74) is 5.43. The van der Waals surface area contributed by atoms with Crippen LogP contribution >= 0.6 is 27.5 Å². The van der Waals surface area contributed by atoms with Crippen LogP contribution in [0.1, 0.15) is 43.5 Å². The number of halogens is 2. The number of rotatable bonds is 15. The van der Waals surface area contributed by atoms with Crippen molar-refractivity contribution in [3.63, 3.8) is 0 Å². The summed E-state index contributed by atoms with van der Waals surface area (Å²) >= 11 is 9.97. The first-order valence-corrected chi connectivity index (χ1v) is 15.9. The Morgan fingerprint density at radius 1 is 1.04 bits per heavy atom. The van der Waals surface area contributed by atoms with Gasteiger partial charge in [-0.1, -0.05) is 45.7 Å². The Kier molecular flexibility index (Phi) is 12.7. The highest BCUT2D eigenvalue weighted by Gasteiger charge is 2.32. The highest BCUT2D eigenvalue weighted by Crippen LogP contribution is 2.37. The number of methoxy groups -OCH3 is 1. The molecule has 0 saturated carbocycles. The fourth-order valence-electron chi connectivity index (χ4n) is 4.62. The number of nitrogens with zero attached hydrogens (tertiary/aromatic N) is 1. The van der Waals surface area contributed by atoms with Crippen LogP contribution in [0.15, 0.2) is 75.4 Å². The Hall–Kier alpha value is -4.46. The molecule has 0 saturated heterocycles. The van der Waals surface area contributed by atoms with Crippen LogP contribution in [0.4, 0.5) is 4.79 Å². The Balaban J connectivity index is 1.40. The van der Waals surface area contributed by atoms with E-state index < -0.39 is 24.3 Å². The topological polar surface area (TPSA) is 149 Å². The fraction of sp³-hybridized carbons (Fsp3) is 0.303. The predicted molar refractivity (Wildman–Crippen MR) is 180 cm³/mol. The number of amides is 2. The average Bonchev–Trinajstić information content (AvgIpc) is 3.04. The number of ether oxygens (including phenoxy) is 5. The lowest BCUT2D eigenvalue weighted by Crippen LogP contribution is -2.45. The number of aliphatic hydroxyl groups is 1. The third kappa shape index (κ3) is 9.53. The van der Waals surface area contributed by atoms with Crippen molar-refractivity contribution in [2.75, 3.05) is 26.9 Å². The lowest BCUT2D eigenvalue weighted by Gasteiger charge is -2.28. The minimum Gasteiger partial charge on any atom is -0.490 e. The second kappa shape index (κ2) is 16.9. The molecule has 4 N–H and O–H groups in total. The SMILES string of the molecule is CCOc1cc([C@H]2NC(=O)NC(C)=C2C(=O)OC)ccc1OC[C@@H](O)N/N=C\c1cc(Cl)c(OCc2ccc(Br)cc2)c(OCC)c1. The maximum Gasteiger partial charge on any atom is 0.337 e. The molecule has 2 amide bonds. The van der Waals surface area contributed by atoms with Crippen molar-refractivity contribution >= 4 is 45.7 Å². The summed E-state index contributed by atoms with van der Waals surface area (Å²) in [4.78, 5) is 24.6. The van der Waals surface area contributed by atoms with Crippen molar-refractivity contribution in [2.24, 2.45) is 5.10 Å². The number of aliphatic hydroxyl groups excluding tert-OH is 1. The number of esters is 1. The molecule has 0 aromatic heterocycles. The molecule has 47 heavy (non-hydrogen) atoms. The average molecular weight is 732 g/mol. The highest BCUT2D eigenvalue weighted by molar-refractivity contribution is 9.10. The van der Waals surface area contributed by atoms with E-state index in [2.05, 4.69) is 37.1 Å². The molecule has 250 valence electrons. The summed E-state index contributed by atoms with van der Waals surface area (Å²) in [5, 5.41) is 20.3. The number of hydrazone groups is 1. The molecule has 3 aromatic rings. The minimum atomic E-state index is -1.18. The summed E-state index contributed by atoms with van der Waals surface area (Å²) in [6, 6.07) is 14.9. The number of hydrogen-bond donors (Lipinski definition) is 4. The van der Waals surface area contributed by atoms with E-state index in [4.69, 9.17) is 35.3 Å². The van der Waals surface area contributed by atoms with Crippen LogP contribution in [0.2, 0.25) is 5.02 Å². The summed E-state index contributed by atoms with van der Waals surface area (Å²) in [6.07, 6.45) is 0.300. The molecule has 2 atom stereocenters. The van der Waals surface area contributed by atoms with Crippen LogP contribution in [-0.4, -0.2) is 56.5 Å². The van der Waals surface area contributed by atoms with E-state index in [1.807, 2.05) is 38.1 Å². The van der Waals surface area contributed by atoms with E-state index in [1.54, 1.807) is 37.3 Å². The maximum atomic E-state index is 12.5. The summed E-state index contributed by atoms with van der Waals surface area (Å²) in [7, 11) is 1.27. The number of urea groups is 1. The van der Waals surface area contributed by atoms with Gasteiger partial charge in [-0.15, -0.1) is 0 Å². The molecule has 14 heteroatoms. The van der Waals surface area contributed by atoms with Crippen LogP contribution in [0, 0.1) is 0 Å². The zero-order chi connectivity index (χ0) is 33.9. The van der Waals surface area contributed by atoms with Crippen molar-refractivity contribution in [1.29, 1.82) is 0 Å². The van der Waals surface area contributed by atoms with Crippen LogP contribution in [0.25, 0.3) is 0 Å². The molecular weight excluding hydrogens is 696 g/mol. The molecule has 1 heterocycles. The van der Waals surface area contributed by atoms with E-state index in [-0.39, 0.29) is 12.2 Å². The smallest absolute Gasteiger partial charge is 0.337 e. The Morgan fingerprint density at radius 3 is 2.47 bits per heavy atom. The first-order chi connectivity index (χ1) is 22.6. The lowest BCUT2D eigenvalue weighted by atomic mass is 9.95. The molecule has 0 aliphatic carbocycles. The maximum absolute atomic E-state index is 12.5. The number of benzene rings is 3. The molecule has 0 radical (unpaired) electrons. The molecule has 0 fully saturated rings. The van der Waals surface area contributed by atoms with Crippen molar-refractivity contribution in [1.82, 2.24) is 16.1 Å². The monoisotopic (exact) mass is 730 g/mol. The largest absolute Gasteiger partial charge is 0.490 e. The number of nitrogens with one attached hydrogen (secondary N) is 3. The molecular formula is C33H36BrClN4O8. The van der Waals surface area contributed by atoms with Gasteiger partial charge in [0.2, 0.25) is 0 Å². The molecule has 4 rings (SSSR count). The zero-order valence-corrected chi connectivity index (χ0v) is 28.6. The van der Waals surface area contributed by atoms with Gasteiger partial charge in [0.15, 0.2) is 29.2 Å². The third-order valence-corrected chi connectivity index (χ3v) is 7.55. The molecule has 12 nitrogen and oxygen atoms in total. The second-order valence-corrected chi connectivity index (χ2v) is 11.4. The lowest BCUT2D eigenvalue weighted by molar-refractivity contribution is -0.136. The molecule has 0 bridgehead atoms. The van der Waals surface area contributed by atoms with Crippen molar-refractivity contribution < 1.29 is 38.4 Å². The van der Waals surface area contributed by atoms with E-state index in [1.165, 1.54) is 13.3 Å². The van der Waals surface area contributed by atoms with Crippen LogP contribution in [0.5, 0.6) is 23.0 Å². The summed E-state index contributed by atoms with van der Waals surface area (Å²) < 4.78 is 29.2. The van der Waals surface area contributed by atoms with Crippen molar-refractivity contribution in [3.8, 4) is 23.0 Å². The molecule has 1 aliphatic rings. The molecule has 0 unspecified atom stereocenters. The van der Waals surface area contributed by atoms with Crippen LogP contribution in [0.3, 0.4) is 0 Å². The molecule has 1 aliphatic heterocycles. The van der Waals surface area contributed by atoms with Gasteiger partial charge in [0.1, 0.15) is 13.2 Å². The van der Waals surface area contributed by atoms with Gasteiger partial charge in [-0.3, -0.25) is 5.43 Å². The Bertz CT molecular complexity index is 1630. The van der Waals surface area contributed by atoms with E-state index in [0.29, 0.717) is 64.7 Å². The van der Waals surface area contributed by atoms with Gasteiger partial charge < -0.3 is 39.4 Å². The predicted octanol–water partition coefficient (Wildman–Crippen LogP) is 5.60. The summed E-state index contributed by atoms with van der Waals surface area (Å²) in [5.74, 6) is 0.998. The van der Waals surface area contributed by atoms with Gasteiger partial charge in [0.05, 0.1) is 43.2 Å². The third-order valence-electron chi connectivity index (χ3n) is 6.74. The van der Waals surface area contributed by atoms with E-state index in [9.17, 15) is 14.7 Å². The second-order valence-electron chi connectivity index (χ2n) is 10.1. The Morgan fingerprint density at radius 2 is 1.77 bits per heavy atom. The van der Waals surface area contributed by atoms with E-state index >= 15 is 0 Å². The van der Waals surface area contributed by atoms with Gasteiger partial charge in [0.25, 0.3) is 0 Å². The summed E-state index contributed by atoms with van der Waals surface area (Å²) in [6.45, 7) is 6.14. The minimum absolute atomic E-state index is 0.180. The van der Waals surface area contributed by atoms with Gasteiger partial charge in [-0.2, -0.15) is 5.10 Å². The van der Waals surface area contributed by atoms with E-state index in [0.717, 1.165) is 10.0 Å². The fourth-order valence-corrected chi connectivity index (χ4v) is 5.16. The number of hydrogen-bond acceptors (Lipinski definition) is 10. The molecule has 0 spiro atoms. The van der Waals surface area contributed by atoms with Gasteiger partial charge in [-0.05, 0) is 73.9 Å². The van der Waals surface area contributed by atoms with Crippen molar-refractivity contribution in [2.45, 2.75) is 39.6 Å². The van der Waals surface area contributed by atoms with Crippen molar-refractivity contribution in [3.05, 3.63) is 92.1 Å². The zero-order valence-electron chi connectivity index (χ0n) is 26.3. The number of allylic oxidation sites excluding steroid dienone is 1. The first-order valence-electron chi connectivity index (χ1n) is 14.7.